The molecule has 0 aliphatic carbocycles. The molecule has 0 aromatic heterocycles. The van der Waals surface area contributed by atoms with Crippen LogP contribution in [0.2, 0.25) is 0 Å². The first-order valence-electron chi connectivity index (χ1n) is 5.61. The van der Waals surface area contributed by atoms with Gasteiger partial charge in [-0.05, 0) is 38.1 Å². The van der Waals surface area contributed by atoms with Crippen LogP contribution in [-0.2, 0) is 9.53 Å². The second-order valence-electron chi connectivity index (χ2n) is 3.69. The largest absolute Gasteiger partial charge is 0.573 e. The molecule has 0 aliphatic heterocycles. The molecule has 7 heteroatoms. The fourth-order valence-electron chi connectivity index (χ4n) is 1.33. The summed E-state index contributed by atoms with van der Waals surface area (Å²) < 4.78 is 44.3. The van der Waals surface area contributed by atoms with E-state index < -0.39 is 18.4 Å². The van der Waals surface area contributed by atoms with E-state index >= 15 is 0 Å². The number of ether oxygens (including phenoxy) is 2. The molecule has 0 heterocycles. The first-order chi connectivity index (χ1) is 8.81. The minimum absolute atomic E-state index is 0.267. The van der Waals surface area contributed by atoms with Gasteiger partial charge in [0.05, 0.1) is 6.61 Å². The lowest BCUT2D eigenvalue weighted by atomic mass is 10.2. The Bertz CT molecular complexity index is 417. The fourth-order valence-corrected chi connectivity index (χ4v) is 1.33. The number of benzene rings is 1. The maximum absolute atomic E-state index is 11.9. The average Bonchev–Trinajstić information content (AvgIpc) is 2.30. The molecule has 1 N–H and O–H groups in total. The van der Waals surface area contributed by atoms with Gasteiger partial charge in [-0.2, -0.15) is 0 Å². The zero-order valence-corrected chi connectivity index (χ0v) is 10.5. The lowest BCUT2D eigenvalue weighted by Crippen LogP contribution is -2.28. The molecule has 1 aromatic rings. The maximum atomic E-state index is 11.9. The number of rotatable bonds is 5. The molecule has 4 nitrogen and oxygen atoms in total. The average molecular weight is 277 g/mol. The predicted molar refractivity (Wildman–Crippen MR) is 62.8 cm³/mol. The normalized spacial score (nSPS) is 12.7. The zero-order valence-electron chi connectivity index (χ0n) is 10.5. The van der Waals surface area contributed by atoms with Gasteiger partial charge in [0.15, 0.2) is 0 Å². The smallest absolute Gasteiger partial charge is 0.464 e. The van der Waals surface area contributed by atoms with Crippen molar-refractivity contribution in [3.63, 3.8) is 0 Å². The van der Waals surface area contributed by atoms with Crippen molar-refractivity contribution in [1.29, 1.82) is 0 Å². The van der Waals surface area contributed by atoms with E-state index in [1.807, 2.05) is 0 Å². The molecular formula is C12H14F3NO3. The fraction of sp³-hybridized carbons (Fsp3) is 0.417. The highest BCUT2D eigenvalue weighted by Crippen LogP contribution is 2.24. The molecule has 0 saturated heterocycles. The lowest BCUT2D eigenvalue weighted by molar-refractivity contribution is -0.274. The third kappa shape index (κ3) is 5.50. The summed E-state index contributed by atoms with van der Waals surface area (Å²) in [5.74, 6) is -0.750. The standard InChI is InChI=1S/C12H14F3NO3/c1-3-18-11(17)8(2)16-9-4-6-10(7-5-9)19-12(13,14)15/h4-8,16H,3H2,1-2H3. The van der Waals surface area contributed by atoms with Crippen molar-refractivity contribution >= 4 is 11.7 Å². The van der Waals surface area contributed by atoms with Crippen LogP contribution in [0.25, 0.3) is 0 Å². The Morgan fingerprint density at radius 2 is 1.89 bits per heavy atom. The molecule has 1 unspecified atom stereocenters. The van der Waals surface area contributed by atoms with Gasteiger partial charge >= 0.3 is 12.3 Å². The molecule has 0 aliphatic rings. The van der Waals surface area contributed by atoms with Gasteiger partial charge in [0.2, 0.25) is 0 Å². The van der Waals surface area contributed by atoms with E-state index in [9.17, 15) is 18.0 Å². The summed E-state index contributed by atoms with van der Waals surface area (Å²) in [5, 5.41) is 2.81. The molecule has 0 radical (unpaired) electrons. The van der Waals surface area contributed by atoms with E-state index in [1.54, 1.807) is 13.8 Å². The summed E-state index contributed by atoms with van der Waals surface area (Å²) in [6.45, 7) is 3.55. The quantitative estimate of drug-likeness (QED) is 0.841. The van der Waals surface area contributed by atoms with Crippen molar-refractivity contribution in [2.24, 2.45) is 0 Å². The molecule has 0 fully saturated rings. The Balaban J connectivity index is 2.59. The number of hydrogen-bond donors (Lipinski definition) is 1. The molecule has 1 atom stereocenters. The number of anilines is 1. The van der Waals surface area contributed by atoms with Gasteiger partial charge in [0, 0.05) is 5.69 Å². The predicted octanol–water partition coefficient (Wildman–Crippen LogP) is 2.95. The number of hydrogen-bond acceptors (Lipinski definition) is 4. The topological polar surface area (TPSA) is 47.6 Å². The van der Waals surface area contributed by atoms with Crippen LogP contribution in [0.4, 0.5) is 18.9 Å². The van der Waals surface area contributed by atoms with Crippen molar-refractivity contribution in [3.8, 4) is 5.75 Å². The second kappa shape index (κ2) is 6.31. The summed E-state index contributed by atoms with van der Waals surface area (Å²) >= 11 is 0. The van der Waals surface area contributed by atoms with Crippen LogP contribution < -0.4 is 10.1 Å². The van der Waals surface area contributed by atoms with Crippen LogP contribution in [-0.4, -0.2) is 25.0 Å². The second-order valence-corrected chi connectivity index (χ2v) is 3.69. The number of carbonyl (C=O) groups excluding carboxylic acids is 1. The molecule has 0 bridgehead atoms. The van der Waals surface area contributed by atoms with Gasteiger partial charge in [-0.3, -0.25) is 0 Å². The highest BCUT2D eigenvalue weighted by Gasteiger charge is 2.30. The molecule has 19 heavy (non-hydrogen) atoms. The van der Waals surface area contributed by atoms with Crippen molar-refractivity contribution in [2.45, 2.75) is 26.3 Å². The Kier molecular flexibility index (Phi) is 5.02. The Morgan fingerprint density at radius 3 is 2.37 bits per heavy atom. The van der Waals surface area contributed by atoms with Crippen LogP contribution in [0.3, 0.4) is 0 Å². The third-order valence-electron chi connectivity index (χ3n) is 2.11. The highest BCUT2D eigenvalue weighted by atomic mass is 19.4. The summed E-state index contributed by atoms with van der Waals surface area (Å²) in [7, 11) is 0. The van der Waals surface area contributed by atoms with Crippen molar-refractivity contribution < 1.29 is 27.4 Å². The molecule has 1 aromatic carbocycles. The third-order valence-corrected chi connectivity index (χ3v) is 2.11. The molecule has 1 rings (SSSR count). The molecule has 106 valence electrons. The Hall–Kier alpha value is -1.92. The Labute approximate surface area is 108 Å². The van der Waals surface area contributed by atoms with Gasteiger partial charge in [0.1, 0.15) is 11.8 Å². The van der Waals surface area contributed by atoms with Crippen molar-refractivity contribution in [3.05, 3.63) is 24.3 Å². The van der Waals surface area contributed by atoms with Crippen LogP contribution in [0.5, 0.6) is 5.75 Å². The minimum atomic E-state index is -4.72. The van der Waals surface area contributed by atoms with Gasteiger partial charge in [0.25, 0.3) is 0 Å². The minimum Gasteiger partial charge on any atom is -0.464 e. The molecule has 0 saturated carbocycles. The van der Waals surface area contributed by atoms with E-state index in [2.05, 4.69) is 10.1 Å². The van der Waals surface area contributed by atoms with E-state index in [0.29, 0.717) is 5.69 Å². The van der Waals surface area contributed by atoms with E-state index in [1.165, 1.54) is 12.1 Å². The number of alkyl halides is 3. The summed E-state index contributed by atoms with van der Waals surface area (Å²) in [5.41, 5.74) is 0.495. The van der Waals surface area contributed by atoms with E-state index in [0.717, 1.165) is 12.1 Å². The molecule has 0 spiro atoms. The number of halogens is 3. The van der Waals surface area contributed by atoms with Gasteiger partial charge in [-0.15, -0.1) is 13.2 Å². The van der Waals surface area contributed by atoms with Crippen molar-refractivity contribution in [2.75, 3.05) is 11.9 Å². The SMILES string of the molecule is CCOC(=O)C(C)Nc1ccc(OC(F)(F)F)cc1. The van der Waals surface area contributed by atoms with Crippen LogP contribution in [0.15, 0.2) is 24.3 Å². The zero-order chi connectivity index (χ0) is 14.5. The summed E-state index contributed by atoms with van der Waals surface area (Å²) in [4.78, 5) is 11.3. The van der Waals surface area contributed by atoms with Crippen LogP contribution in [0.1, 0.15) is 13.8 Å². The molecule has 0 amide bonds. The van der Waals surface area contributed by atoms with Gasteiger partial charge in [-0.25, -0.2) is 4.79 Å². The number of carbonyl (C=O) groups is 1. The maximum Gasteiger partial charge on any atom is 0.573 e. The van der Waals surface area contributed by atoms with Gasteiger partial charge in [-0.1, -0.05) is 0 Å². The van der Waals surface area contributed by atoms with Crippen LogP contribution in [0, 0.1) is 0 Å². The van der Waals surface area contributed by atoms with E-state index in [-0.39, 0.29) is 12.4 Å². The first-order valence-corrected chi connectivity index (χ1v) is 5.61. The van der Waals surface area contributed by atoms with Gasteiger partial charge < -0.3 is 14.8 Å². The highest BCUT2D eigenvalue weighted by molar-refractivity contribution is 5.78. The monoisotopic (exact) mass is 277 g/mol. The lowest BCUT2D eigenvalue weighted by Gasteiger charge is -2.14. The molecular weight excluding hydrogens is 263 g/mol. The first kappa shape index (κ1) is 15.1. The summed E-state index contributed by atoms with van der Waals surface area (Å²) in [6.07, 6.45) is -4.72. The Morgan fingerprint density at radius 1 is 1.32 bits per heavy atom. The van der Waals surface area contributed by atoms with E-state index in [4.69, 9.17) is 4.74 Å². The van der Waals surface area contributed by atoms with Crippen molar-refractivity contribution in [1.82, 2.24) is 0 Å². The summed E-state index contributed by atoms with van der Waals surface area (Å²) in [6, 6.07) is 4.50. The van der Waals surface area contributed by atoms with Crippen LogP contribution >= 0.6 is 0 Å². The number of esters is 1. The number of nitrogens with one attached hydrogen (secondary N) is 1.